The van der Waals surface area contributed by atoms with Crippen LogP contribution in [0.2, 0.25) is 0 Å². The van der Waals surface area contributed by atoms with Gasteiger partial charge in [-0.1, -0.05) is 35.4 Å². The highest BCUT2D eigenvalue weighted by molar-refractivity contribution is 8.07. The van der Waals surface area contributed by atoms with Crippen LogP contribution in [0.15, 0.2) is 59.5 Å². The predicted octanol–water partition coefficient (Wildman–Crippen LogP) is 3.24. The lowest BCUT2D eigenvalue weighted by Gasteiger charge is -2.33. The van der Waals surface area contributed by atoms with Crippen molar-refractivity contribution in [2.45, 2.75) is 44.3 Å². The summed E-state index contributed by atoms with van der Waals surface area (Å²) in [5, 5.41) is 21.2. The number of aliphatic hydroxyl groups excluding tert-OH is 2. The first-order chi connectivity index (χ1) is 18.3. The second kappa shape index (κ2) is 11.2. The molecule has 4 N–H and O–H groups in total. The molecule has 0 radical (unpaired) electrons. The van der Waals surface area contributed by atoms with Gasteiger partial charge in [0.1, 0.15) is 23.7 Å². The minimum atomic E-state index is -3.92. The third-order valence-electron chi connectivity index (χ3n) is 5.96. The standard InChI is InChI=1S/C24H25F3N3O7PS/c1-13-3-7-15(8-4-13)36-38(39,37-16-9-5-14(2)6-10-16)34-12-24(22(26)27)19(32)18(31)21(35-24)30-11-17(25)20(28)29-23(30)33/h3-11,18-19,21-22,31-32H,12H2,1-2H3,(H2,28,29,33)/t18-,19-,21-,24-/m1/s1. The number of alkyl halides is 2. The molecule has 0 aliphatic carbocycles. The maximum absolute atomic E-state index is 14.5. The van der Waals surface area contributed by atoms with E-state index < -0.39 is 61.1 Å². The first-order valence-electron chi connectivity index (χ1n) is 11.5. The highest BCUT2D eigenvalue weighted by atomic mass is 32.5. The fraction of sp³-hybridized carbons (Fsp3) is 0.333. The number of hydrogen-bond acceptors (Lipinski definition) is 10. The zero-order valence-electron chi connectivity index (χ0n) is 20.6. The van der Waals surface area contributed by atoms with Crippen molar-refractivity contribution in [2.75, 3.05) is 12.3 Å². The van der Waals surface area contributed by atoms with Gasteiger partial charge in [-0.25, -0.2) is 18.0 Å². The highest BCUT2D eigenvalue weighted by Crippen LogP contribution is 2.52. The number of halogens is 3. The second-order valence-electron chi connectivity index (χ2n) is 8.89. The lowest BCUT2D eigenvalue weighted by atomic mass is 9.96. The van der Waals surface area contributed by atoms with Crippen LogP contribution < -0.4 is 20.5 Å². The molecule has 210 valence electrons. The highest BCUT2D eigenvalue weighted by Gasteiger charge is 2.61. The van der Waals surface area contributed by atoms with Crippen LogP contribution in [-0.4, -0.2) is 50.6 Å². The molecule has 0 spiro atoms. The molecule has 1 aliphatic rings. The summed E-state index contributed by atoms with van der Waals surface area (Å²) in [4.78, 5) is 15.5. The van der Waals surface area contributed by atoms with E-state index in [1.54, 1.807) is 48.5 Å². The number of nitrogens with zero attached hydrogens (tertiary/aromatic N) is 2. The van der Waals surface area contributed by atoms with E-state index in [-0.39, 0.29) is 11.5 Å². The number of hydrogen-bond donors (Lipinski definition) is 3. The molecule has 1 saturated heterocycles. The first kappa shape index (κ1) is 29.0. The molecular weight excluding hydrogens is 562 g/mol. The summed E-state index contributed by atoms with van der Waals surface area (Å²) in [6, 6.07) is 13.2. The molecule has 0 bridgehead atoms. The monoisotopic (exact) mass is 587 g/mol. The molecule has 0 amide bonds. The van der Waals surface area contributed by atoms with Crippen molar-refractivity contribution >= 4 is 24.3 Å². The van der Waals surface area contributed by atoms with Gasteiger partial charge in [0.15, 0.2) is 23.5 Å². The maximum atomic E-state index is 14.5. The van der Waals surface area contributed by atoms with E-state index >= 15 is 0 Å². The van der Waals surface area contributed by atoms with Crippen LogP contribution in [0.1, 0.15) is 17.4 Å². The van der Waals surface area contributed by atoms with E-state index in [1.165, 1.54) is 0 Å². The summed E-state index contributed by atoms with van der Waals surface area (Å²) in [6.45, 7) is -1.36. The largest absolute Gasteiger partial charge is 0.435 e. The molecule has 3 aromatic rings. The Morgan fingerprint density at radius 2 is 1.62 bits per heavy atom. The Kier molecular flexibility index (Phi) is 8.36. The van der Waals surface area contributed by atoms with Crippen molar-refractivity contribution in [1.29, 1.82) is 0 Å². The van der Waals surface area contributed by atoms with Crippen molar-refractivity contribution < 1.29 is 41.7 Å². The third kappa shape index (κ3) is 6.11. The van der Waals surface area contributed by atoms with Crippen molar-refractivity contribution in [2.24, 2.45) is 0 Å². The van der Waals surface area contributed by atoms with Gasteiger partial charge in [0.2, 0.25) is 0 Å². The zero-order chi connectivity index (χ0) is 28.5. The van der Waals surface area contributed by atoms with Gasteiger partial charge in [-0.05, 0) is 38.1 Å². The Bertz CT molecular complexity index is 1380. The Morgan fingerprint density at radius 3 is 2.10 bits per heavy atom. The normalized spacial score (nSPS) is 23.2. The summed E-state index contributed by atoms with van der Waals surface area (Å²) in [5.74, 6) is -1.46. The number of aryl methyl sites for hydroxylation is 2. The van der Waals surface area contributed by atoms with Crippen LogP contribution in [0.3, 0.4) is 0 Å². The van der Waals surface area contributed by atoms with Crippen LogP contribution in [0.5, 0.6) is 11.5 Å². The van der Waals surface area contributed by atoms with E-state index in [4.69, 9.17) is 35.8 Å². The zero-order valence-corrected chi connectivity index (χ0v) is 22.3. The third-order valence-corrected chi connectivity index (χ3v) is 8.04. The molecular formula is C24H25F3N3O7PS. The van der Waals surface area contributed by atoms with E-state index in [2.05, 4.69) is 4.98 Å². The van der Waals surface area contributed by atoms with Gasteiger partial charge in [-0.3, -0.25) is 9.09 Å². The number of anilines is 1. The average molecular weight is 588 g/mol. The molecule has 2 heterocycles. The number of ether oxygens (including phenoxy) is 1. The Labute approximate surface area is 226 Å². The second-order valence-corrected chi connectivity index (χ2v) is 11.8. The number of aliphatic hydroxyl groups is 2. The molecule has 4 rings (SSSR count). The van der Waals surface area contributed by atoms with Crippen LogP contribution in [-0.2, 0) is 21.1 Å². The van der Waals surface area contributed by atoms with Gasteiger partial charge in [-0.15, -0.1) is 0 Å². The van der Waals surface area contributed by atoms with Gasteiger partial charge >= 0.3 is 12.4 Å². The Balaban J connectivity index is 1.65. The Hall–Kier alpha value is -3.00. The molecule has 1 aliphatic heterocycles. The summed E-state index contributed by atoms with van der Waals surface area (Å²) >= 11 is 5.52. The topological polar surface area (TPSA) is 138 Å². The predicted molar refractivity (Wildman–Crippen MR) is 138 cm³/mol. The van der Waals surface area contributed by atoms with Crippen molar-refractivity contribution in [3.8, 4) is 11.5 Å². The maximum Gasteiger partial charge on any atom is 0.435 e. The van der Waals surface area contributed by atoms with E-state index in [9.17, 15) is 28.2 Å². The quantitative estimate of drug-likeness (QED) is 0.320. The van der Waals surface area contributed by atoms with Crippen molar-refractivity contribution in [3.63, 3.8) is 0 Å². The molecule has 0 saturated carbocycles. The summed E-state index contributed by atoms with van der Waals surface area (Å²) < 4.78 is 66.0. The van der Waals surface area contributed by atoms with Crippen molar-refractivity contribution in [1.82, 2.24) is 9.55 Å². The Morgan fingerprint density at radius 1 is 1.10 bits per heavy atom. The number of nitrogen functional groups attached to an aromatic ring is 1. The molecule has 0 unspecified atom stereocenters. The average Bonchev–Trinajstić information content (AvgIpc) is 3.14. The van der Waals surface area contributed by atoms with Crippen LogP contribution in [0, 0.1) is 19.7 Å². The smallest absolute Gasteiger partial charge is 0.416 e. The molecule has 10 nitrogen and oxygen atoms in total. The molecule has 1 fully saturated rings. The van der Waals surface area contributed by atoms with Gasteiger partial charge in [-0.2, -0.15) is 4.98 Å². The number of rotatable bonds is 9. The molecule has 4 atom stereocenters. The number of nitrogens with two attached hydrogens (primary N) is 1. The molecule has 15 heteroatoms. The summed E-state index contributed by atoms with van der Waals surface area (Å²) in [5.41, 5.74) is 2.97. The van der Waals surface area contributed by atoms with Crippen LogP contribution >= 0.6 is 6.72 Å². The van der Waals surface area contributed by atoms with Gasteiger partial charge in [0.05, 0.1) is 12.8 Å². The molecule has 2 aromatic carbocycles. The molecule has 1 aromatic heterocycles. The van der Waals surface area contributed by atoms with Crippen LogP contribution in [0.4, 0.5) is 19.0 Å². The summed E-state index contributed by atoms with van der Waals surface area (Å²) in [7, 11) is 0. The van der Waals surface area contributed by atoms with Gasteiger partial charge in [0.25, 0.3) is 6.43 Å². The fourth-order valence-electron chi connectivity index (χ4n) is 3.74. The van der Waals surface area contributed by atoms with E-state index in [0.717, 1.165) is 11.1 Å². The van der Waals surface area contributed by atoms with E-state index in [0.29, 0.717) is 10.8 Å². The first-order valence-corrected chi connectivity index (χ1v) is 14.0. The van der Waals surface area contributed by atoms with Gasteiger partial charge < -0.3 is 29.7 Å². The lowest BCUT2D eigenvalue weighted by Crippen LogP contribution is -2.52. The number of benzene rings is 2. The number of aromatic nitrogens is 2. The van der Waals surface area contributed by atoms with Gasteiger partial charge in [0, 0.05) is 11.8 Å². The van der Waals surface area contributed by atoms with E-state index in [1.807, 2.05) is 13.8 Å². The molecule has 39 heavy (non-hydrogen) atoms. The van der Waals surface area contributed by atoms with Crippen LogP contribution in [0.25, 0.3) is 0 Å². The minimum Gasteiger partial charge on any atom is -0.416 e. The minimum absolute atomic E-state index is 0.225. The van der Waals surface area contributed by atoms with Crippen molar-refractivity contribution in [3.05, 3.63) is 82.2 Å². The fourth-order valence-corrected chi connectivity index (χ4v) is 5.68. The summed E-state index contributed by atoms with van der Waals surface area (Å²) in [6.07, 6.45) is -9.33. The lowest BCUT2D eigenvalue weighted by molar-refractivity contribution is -0.192. The SMILES string of the molecule is Cc1ccc(OP(=S)(OC[C@@]2(C(F)F)O[C@@H](n3cc(F)c(N)nc3=O)[C@H](O)[C@H]2O)Oc2ccc(C)cc2)cc1.